The van der Waals surface area contributed by atoms with E-state index in [9.17, 15) is 9.90 Å². The van der Waals surface area contributed by atoms with Gasteiger partial charge in [0.25, 0.3) is 0 Å². The van der Waals surface area contributed by atoms with Crippen LogP contribution in [0.4, 0.5) is 5.69 Å². The molecule has 1 N–H and O–H groups in total. The van der Waals surface area contributed by atoms with Gasteiger partial charge in [0.05, 0.1) is 56.6 Å². The number of phenols is 1. The molecule has 4 aromatic rings. The number of phenolic OH excluding ortho intramolecular Hbond substituents is 1. The molecule has 0 bridgehead atoms. The summed E-state index contributed by atoms with van der Waals surface area (Å²) in [7, 11) is 6.07. The maximum absolute atomic E-state index is 13.6. The molecule has 194 valence electrons. The fraction of sp³-hybridized carbons (Fsp3) is 0.259. The number of rotatable bonds is 10. The lowest BCUT2D eigenvalue weighted by Gasteiger charge is -2.25. The Labute approximate surface area is 223 Å². The molecule has 0 fully saturated rings. The van der Waals surface area contributed by atoms with Crippen molar-refractivity contribution in [2.24, 2.45) is 0 Å². The summed E-state index contributed by atoms with van der Waals surface area (Å²) in [6.45, 7) is 2.23. The SMILES string of the molecule is COc1ccc(CN(C(=O)CSc2nc3c(C)cccc3s2)c2cc(OC)c(OC)c(OC)c2)cc1O. The van der Waals surface area contributed by atoms with Gasteiger partial charge < -0.3 is 29.0 Å². The van der Waals surface area contributed by atoms with Crippen molar-refractivity contribution in [3.8, 4) is 28.7 Å². The van der Waals surface area contributed by atoms with Gasteiger partial charge in [0.2, 0.25) is 11.7 Å². The van der Waals surface area contributed by atoms with Gasteiger partial charge in [-0.2, -0.15) is 0 Å². The Morgan fingerprint density at radius 1 is 0.973 bits per heavy atom. The molecule has 1 aromatic heterocycles. The summed E-state index contributed by atoms with van der Waals surface area (Å²) in [5.74, 6) is 1.67. The Bertz CT molecular complexity index is 1400. The summed E-state index contributed by atoms with van der Waals surface area (Å²) < 4.78 is 23.5. The highest BCUT2D eigenvalue weighted by Crippen LogP contribution is 2.42. The number of fused-ring (bicyclic) bond motifs is 1. The molecule has 8 nitrogen and oxygen atoms in total. The van der Waals surface area contributed by atoms with Gasteiger partial charge >= 0.3 is 0 Å². The molecule has 0 aliphatic rings. The molecule has 1 heterocycles. The summed E-state index contributed by atoms with van der Waals surface area (Å²) >= 11 is 2.96. The molecular weight excluding hydrogens is 512 g/mol. The number of aryl methyl sites for hydroxylation is 1. The molecule has 4 rings (SSSR count). The van der Waals surface area contributed by atoms with Crippen molar-refractivity contribution in [3.05, 3.63) is 59.7 Å². The van der Waals surface area contributed by atoms with E-state index >= 15 is 0 Å². The molecule has 0 saturated heterocycles. The molecule has 37 heavy (non-hydrogen) atoms. The number of aromatic hydroxyl groups is 1. The van der Waals surface area contributed by atoms with Crippen LogP contribution in [0.15, 0.2) is 52.9 Å². The van der Waals surface area contributed by atoms with E-state index in [1.165, 1.54) is 40.2 Å². The number of hydrogen-bond acceptors (Lipinski definition) is 9. The number of thiazole rings is 1. The molecule has 0 spiro atoms. The Morgan fingerprint density at radius 3 is 2.27 bits per heavy atom. The van der Waals surface area contributed by atoms with E-state index < -0.39 is 0 Å². The van der Waals surface area contributed by atoms with Crippen molar-refractivity contribution >= 4 is 44.9 Å². The molecule has 0 atom stereocenters. The molecular formula is C27H28N2O6S2. The van der Waals surface area contributed by atoms with Crippen LogP contribution in [0.25, 0.3) is 10.2 Å². The standard InChI is InChI=1S/C27H28N2O6S2/c1-16-7-6-8-23-25(16)28-27(37-23)36-15-24(31)29(14-17-9-10-20(32-2)19(30)11-17)18-12-21(33-3)26(35-5)22(13-18)34-4/h6-13,30H,14-15H2,1-5H3. The lowest BCUT2D eigenvalue weighted by atomic mass is 10.1. The third kappa shape index (κ3) is 5.70. The van der Waals surface area contributed by atoms with Crippen LogP contribution in [0.1, 0.15) is 11.1 Å². The molecule has 1 amide bonds. The number of carbonyl (C=O) groups is 1. The first-order valence-corrected chi connectivity index (χ1v) is 13.1. The minimum atomic E-state index is -0.148. The first-order chi connectivity index (χ1) is 17.9. The summed E-state index contributed by atoms with van der Waals surface area (Å²) in [6.07, 6.45) is 0. The van der Waals surface area contributed by atoms with Crippen LogP contribution in [0.3, 0.4) is 0 Å². The number of benzene rings is 3. The molecule has 0 radical (unpaired) electrons. The van der Waals surface area contributed by atoms with Crippen molar-refractivity contribution in [2.75, 3.05) is 39.1 Å². The van der Waals surface area contributed by atoms with Gasteiger partial charge in [-0.15, -0.1) is 11.3 Å². The average molecular weight is 541 g/mol. The van der Waals surface area contributed by atoms with E-state index in [-0.39, 0.29) is 24.0 Å². The summed E-state index contributed by atoms with van der Waals surface area (Å²) in [5.41, 5.74) is 3.35. The fourth-order valence-electron chi connectivity index (χ4n) is 3.89. The second-order valence-corrected chi connectivity index (χ2v) is 10.3. The molecule has 0 aliphatic carbocycles. The topological polar surface area (TPSA) is 90.4 Å². The molecule has 3 aromatic carbocycles. The maximum Gasteiger partial charge on any atom is 0.237 e. The number of para-hydroxylation sites is 1. The predicted molar refractivity (Wildman–Crippen MR) is 147 cm³/mol. The molecule has 0 unspecified atom stereocenters. The van der Waals surface area contributed by atoms with Crippen LogP contribution in [0.5, 0.6) is 28.7 Å². The first kappa shape index (κ1) is 26.4. The lowest BCUT2D eigenvalue weighted by molar-refractivity contribution is -0.116. The smallest absolute Gasteiger partial charge is 0.237 e. The number of ether oxygens (including phenoxy) is 4. The third-order valence-corrected chi connectivity index (χ3v) is 7.91. The van der Waals surface area contributed by atoms with Gasteiger partial charge in [-0.1, -0.05) is 30.0 Å². The van der Waals surface area contributed by atoms with Gasteiger partial charge in [-0.05, 0) is 36.2 Å². The molecule has 10 heteroatoms. The van der Waals surface area contributed by atoms with E-state index in [1.54, 1.807) is 46.6 Å². The van der Waals surface area contributed by atoms with Crippen LogP contribution in [-0.2, 0) is 11.3 Å². The van der Waals surface area contributed by atoms with Crippen LogP contribution < -0.4 is 23.8 Å². The molecule has 0 aliphatic heterocycles. The zero-order valence-electron chi connectivity index (χ0n) is 21.2. The normalized spacial score (nSPS) is 10.8. The zero-order chi connectivity index (χ0) is 26.5. The Kier molecular flexibility index (Phi) is 8.30. The van der Waals surface area contributed by atoms with Crippen molar-refractivity contribution in [1.82, 2.24) is 4.98 Å². The number of carbonyl (C=O) groups excluding carboxylic acids is 1. The van der Waals surface area contributed by atoms with E-state index in [1.807, 2.05) is 25.1 Å². The highest BCUT2D eigenvalue weighted by atomic mass is 32.2. The highest BCUT2D eigenvalue weighted by molar-refractivity contribution is 8.01. The maximum atomic E-state index is 13.6. The largest absolute Gasteiger partial charge is 0.504 e. The summed E-state index contributed by atoms with van der Waals surface area (Å²) in [6, 6.07) is 14.6. The quantitative estimate of drug-likeness (QED) is 0.257. The number of hydrogen-bond donors (Lipinski definition) is 1. The Morgan fingerprint density at radius 2 is 1.68 bits per heavy atom. The minimum Gasteiger partial charge on any atom is -0.504 e. The number of anilines is 1. The first-order valence-electron chi connectivity index (χ1n) is 11.3. The van der Waals surface area contributed by atoms with E-state index in [0.717, 1.165) is 25.7 Å². The van der Waals surface area contributed by atoms with Gasteiger partial charge in [-0.3, -0.25) is 4.79 Å². The van der Waals surface area contributed by atoms with E-state index in [2.05, 4.69) is 0 Å². The molecule has 0 saturated carbocycles. The highest BCUT2D eigenvalue weighted by Gasteiger charge is 2.23. The van der Waals surface area contributed by atoms with E-state index in [4.69, 9.17) is 23.9 Å². The summed E-state index contributed by atoms with van der Waals surface area (Å²) in [5, 5.41) is 10.3. The minimum absolute atomic E-state index is 0.00323. The van der Waals surface area contributed by atoms with Gasteiger partial charge in [0.15, 0.2) is 27.3 Å². The van der Waals surface area contributed by atoms with Crippen molar-refractivity contribution in [2.45, 2.75) is 17.8 Å². The van der Waals surface area contributed by atoms with E-state index in [0.29, 0.717) is 28.7 Å². The number of methoxy groups -OCH3 is 4. The van der Waals surface area contributed by atoms with Crippen LogP contribution in [-0.4, -0.2) is 50.2 Å². The van der Waals surface area contributed by atoms with Gasteiger partial charge in [0, 0.05) is 12.1 Å². The van der Waals surface area contributed by atoms with Gasteiger partial charge in [0.1, 0.15) is 0 Å². The van der Waals surface area contributed by atoms with Crippen LogP contribution in [0.2, 0.25) is 0 Å². The number of thioether (sulfide) groups is 1. The van der Waals surface area contributed by atoms with Gasteiger partial charge in [-0.25, -0.2) is 4.98 Å². The summed E-state index contributed by atoms with van der Waals surface area (Å²) in [4.78, 5) is 20.0. The monoisotopic (exact) mass is 540 g/mol. The fourth-order valence-corrected chi connectivity index (χ4v) is 5.91. The van der Waals surface area contributed by atoms with Crippen LogP contribution >= 0.6 is 23.1 Å². The Balaban J connectivity index is 1.67. The predicted octanol–water partition coefficient (Wildman–Crippen LogP) is 5.67. The van der Waals surface area contributed by atoms with Crippen molar-refractivity contribution < 1.29 is 28.8 Å². The number of aromatic nitrogens is 1. The second kappa shape index (κ2) is 11.6. The number of amides is 1. The third-order valence-electron chi connectivity index (χ3n) is 5.77. The zero-order valence-corrected chi connectivity index (χ0v) is 22.9. The Hall–Kier alpha value is -3.63. The van der Waals surface area contributed by atoms with Crippen molar-refractivity contribution in [1.29, 1.82) is 0 Å². The van der Waals surface area contributed by atoms with Crippen LogP contribution in [0, 0.1) is 6.92 Å². The lowest BCUT2D eigenvalue weighted by Crippen LogP contribution is -2.32. The van der Waals surface area contributed by atoms with Crippen molar-refractivity contribution in [3.63, 3.8) is 0 Å². The second-order valence-electron chi connectivity index (χ2n) is 8.06. The average Bonchev–Trinajstić information content (AvgIpc) is 3.34. The number of nitrogens with zero attached hydrogens (tertiary/aromatic N) is 2.